The standard InChI is InChI=1S/C15H16N2O2/c18-11-6-4-5-10(9-11)14-16-13-8-3-1-2-7-12(13)15(19)17-14/h4-6,9,18H,1-3,7-8H2,(H,16,17,19). The molecular formula is C15H16N2O2. The first kappa shape index (κ1) is 12.0. The molecular weight excluding hydrogens is 240 g/mol. The molecule has 1 aliphatic rings. The van der Waals surface area contributed by atoms with E-state index in [9.17, 15) is 9.90 Å². The van der Waals surface area contributed by atoms with Crippen LogP contribution in [0.2, 0.25) is 0 Å². The fourth-order valence-electron chi connectivity index (χ4n) is 2.57. The second-order valence-electron chi connectivity index (χ2n) is 4.95. The number of hydrogen-bond donors (Lipinski definition) is 2. The number of phenolic OH excluding ortho intramolecular Hbond substituents is 1. The van der Waals surface area contributed by atoms with Gasteiger partial charge in [0.25, 0.3) is 5.56 Å². The Balaban J connectivity index is 2.11. The van der Waals surface area contributed by atoms with Crippen molar-refractivity contribution in [1.29, 1.82) is 0 Å². The average molecular weight is 256 g/mol. The summed E-state index contributed by atoms with van der Waals surface area (Å²) in [6.45, 7) is 0. The number of aromatic hydroxyl groups is 1. The van der Waals surface area contributed by atoms with E-state index in [1.165, 1.54) is 0 Å². The molecule has 0 amide bonds. The maximum Gasteiger partial charge on any atom is 0.254 e. The second kappa shape index (κ2) is 4.88. The van der Waals surface area contributed by atoms with E-state index in [0.717, 1.165) is 48.9 Å². The number of H-pyrrole nitrogens is 1. The van der Waals surface area contributed by atoms with Crippen LogP contribution in [0.1, 0.15) is 30.5 Å². The van der Waals surface area contributed by atoms with Gasteiger partial charge in [-0.3, -0.25) is 4.79 Å². The number of nitrogens with one attached hydrogen (secondary N) is 1. The summed E-state index contributed by atoms with van der Waals surface area (Å²) in [5, 5.41) is 9.51. The number of aryl methyl sites for hydroxylation is 1. The molecule has 0 saturated carbocycles. The van der Waals surface area contributed by atoms with Crippen LogP contribution in [0.4, 0.5) is 0 Å². The third-order valence-corrected chi connectivity index (χ3v) is 3.56. The molecule has 2 aromatic rings. The Hall–Kier alpha value is -2.10. The lowest BCUT2D eigenvalue weighted by Gasteiger charge is -2.07. The van der Waals surface area contributed by atoms with Gasteiger partial charge in [-0.1, -0.05) is 18.6 Å². The molecule has 3 rings (SSSR count). The van der Waals surface area contributed by atoms with Crippen molar-refractivity contribution >= 4 is 0 Å². The molecule has 98 valence electrons. The van der Waals surface area contributed by atoms with E-state index in [-0.39, 0.29) is 11.3 Å². The van der Waals surface area contributed by atoms with Gasteiger partial charge < -0.3 is 10.1 Å². The van der Waals surface area contributed by atoms with Crippen LogP contribution in [0.5, 0.6) is 5.75 Å². The topological polar surface area (TPSA) is 66.0 Å². The summed E-state index contributed by atoms with van der Waals surface area (Å²) in [6.07, 6.45) is 4.98. The third kappa shape index (κ3) is 2.38. The van der Waals surface area contributed by atoms with Gasteiger partial charge >= 0.3 is 0 Å². The number of nitrogens with zero attached hydrogens (tertiary/aromatic N) is 1. The number of hydrogen-bond acceptors (Lipinski definition) is 3. The zero-order valence-corrected chi connectivity index (χ0v) is 10.6. The SMILES string of the molecule is O=c1[nH]c(-c2cccc(O)c2)nc2c1CCCCC2. The molecule has 0 radical (unpaired) electrons. The van der Waals surface area contributed by atoms with Crippen LogP contribution in [0.15, 0.2) is 29.1 Å². The lowest BCUT2D eigenvalue weighted by Crippen LogP contribution is -2.18. The van der Waals surface area contributed by atoms with Gasteiger partial charge in [0.05, 0.1) is 5.69 Å². The number of aromatic amines is 1. The molecule has 19 heavy (non-hydrogen) atoms. The van der Waals surface area contributed by atoms with Crippen LogP contribution in [0, 0.1) is 0 Å². The molecule has 1 aliphatic carbocycles. The monoisotopic (exact) mass is 256 g/mol. The Morgan fingerprint density at radius 3 is 2.84 bits per heavy atom. The van der Waals surface area contributed by atoms with Crippen LogP contribution in [-0.4, -0.2) is 15.1 Å². The predicted octanol–water partition coefficient (Wildman–Crippen LogP) is 2.41. The molecule has 4 heteroatoms. The third-order valence-electron chi connectivity index (χ3n) is 3.56. The van der Waals surface area contributed by atoms with Crippen LogP contribution >= 0.6 is 0 Å². The fraction of sp³-hybridized carbons (Fsp3) is 0.333. The normalized spacial score (nSPS) is 14.7. The average Bonchev–Trinajstić information content (AvgIpc) is 2.64. The van der Waals surface area contributed by atoms with Crippen molar-refractivity contribution in [2.45, 2.75) is 32.1 Å². The molecule has 1 heterocycles. The van der Waals surface area contributed by atoms with E-state index in [0.29, 0.717) is 5.82 Å². The summed E-state index contributed by atoms with van der Waals surface area (Å²) >= 11 is 0. The zero-order chi connectivity index (χ0) is 13.2. The minimum atomic E-state index is -0.0368. The lowest BCUT2D eigenvalue weighted by molar-refractivity contribution is 0.475. The van der Waals surface area contributed by atoms with Gasteiger partial charge in [0.2, 0.25) is 0 Å². The van der Waals surface area contributed by atoms with Crippen LogP contribution in [0.25, 0.3) is 11.4 Å². The zero-order valence-electron chi connectivity index (χ0n) is 10.6. The van der Waals surface area contributed by atoms with Crippen molar-refractivity contribution in [2.24, 2.45) is 0 Å². The maximum absolute atomic E-state index is 12.1. The highest BCUT2D eigenvalue weighted by molar-refractivity contribution is 5.57. The second-order valence-corrected chi connectivity index (χ2v) is 4.95. The van der Waals surface area contributed by atoms with Gasteiger partial charge in [-0.2, -0.15) is 0 Å². The van der Waals surface area contributed by atoms with Crippen molar-refractivity contribution < 1.29 is 5.11 Å². The largest absolute Gasteiger partial charge is 0.508 e. The quantitative estimate of drug-likeness (QED) is 0.770. The lowest BCUT2D eigenvalue weighted by atomic mass is 10.1. The van der Waals surface area contributed by atoms with E-state index < -0.39 is 0 Å². The Kier molecular flexibility index (Phi) is 3.07. The first-order chi connectivity index (χ1) is 9.24. The first-order valence-electron chi connectivity index (χ1n) is 6.65. The Bertz CT molecular complexity index is 661. The van der Waals surface area contributed by atoms with Gasteiger partial charge in [-0.25, -0.2) is 4.98 Å². The molecule has 1 aromatic carbocycles. The number of benzene rings is 1. The molecule has 0 unspecified atom stereocenters. The van der Waals surface area contributed by atoms with E-state index in [2.05, 4.69) is 9.97 Å². The van der Waals surface area contributed by atoms with Crippen molar-refractivity contribution in [3.63, 3.8) is 0 Å². The maximum atomic E-state index is 12.1. The number of fused-ring (bicyclic) bond motifs is 1. The molecule has 2 N–H and O–H groups in total. The van der Waals surface area contributed by atoms with Crippen molar-refractivity contribution in [3.05, 3.63) is 45.9 Å². The summed E-state index contributed by atoms with van der Waals surface area (Å²) in [6, 6.07) is 6.80. The van der Waals surface area contributed by atoms with E-state index >= 15 is 0 Å². The molecule has 0 bridgehead atoms. The summed E-state index contributed by atoms with van der Waals surface area (Å²) in [7, 11) is 0. The summed E-state index contributed by atoms with van der Waals surface area (Å²) in [5.41, 5.74) is 2.45. The minimum Gasteiger partial charge on any atom is -0.508 e. The first-order valence-corrected chi connectivity index (χ1v) is 6.65. The molecule has 0 fully saturated rings. The number of rotatable bonds is 1. The summed E-state index contributed by atoms with van der Waals surface area (Å²) in [5.74, 6) is 0.719. The van der Waals surface area contributed by atoms with Gasteiger partial charge in [0.15, 0.2) is 0 Å². The molecule has 0 saturated heterocycles. The molecule has 1 aromatic heterocycles. The predicted molar refractivity (Wildman–Crippen MR) is 73.2 cm³/mol. The van der Waals surface area contributed by atoms with Gasteiger partial charge in [-0.15, -0.1) is 0 Å². The highest BCUT2D eigenvalue weighted by atomic mass is 16.3. The van der Waals surface area contributed by atoms with E-state index in [1.54, 1.807) is 18.2 Å². The van der Waals surface area contributed by atoms with Crippen LogP contribution in [-0.2, 0) is 12.8 Å². The summed E-state index contributed by atoms with van der Waals surface area (Å²) in [4.78, 5) is 19.5. The molecule has 0 spiro atoms. The Labute approximate surface area is 111 Å². The highest BCUT2D eigenvalue weighted by Gasteiger charge is 2.15. The van der Waals surface area contributed by atoms with Gasteiger partial charge in [0, 0.05) is 11.1 Å². The Morgan fingerprint density at radius 1 is 1.16 bits per heavy atom. The minimum absolute atomic E-state index is 0.0368. The van der Waals surface area contributed by atoms with Crippen molar-refractivity contribution in [1.82, 2.24) is 9.97 Å². The fourth-order valence-corrected chi connectivity index (χ4v) is 2.57. The molecule has 4 nitrogen and oxygen atoms in total. The van der Waals surface area contributed by atoms with Crippen molar-refractivity contribution in [3.8, 4) is 17.1 Å². The van der Waals surface area contributed by atoms with E-state index in [4.69, 9.17) is 0 Å². The van der Waals surface area contributed by atoms with E-state index in [1.807, 2.05) is 6.07 Å². The van der Waals surface area contributed by atoms with Crippen LogP contribution in [0.3, 0.4) is 0 Å². The molecule has 0 aliphatic heterocycles. The summed E-state index contributed by atoms with van der Waals surface area (Å²) < 4.78 is 0. The number of aromatic nitrogens is 2. The van der Waals surface area contributed by atoms with Gasteiger partial charge in [0.1, 0.15) is 11.6 Å². The van der Waals surface area contributed by atoms with Crippen molar-refractivity contribution in [2.75, 3.05) is 0 Å². The number of phenols is 1. The van der Waals surface area contributed by atoms with Crippen LogP contribution < -0.4 is 5.56 Å². The molecule has 0 atom stereocenters. The highest BCUT2D eigenvalue weighted by Crippen LogP contribution is 2.22. The Morgan fingerprint density at radius 2 is 2.00 bits per heavy atom. The van der Waals surface area contributed by atoms with Gasteiger partial charge in [-0.05, 0) is 37.8 Å². The smallest absolute Gasteiger partial charge is 0.254 e.